The van der Waals surface area contributed by atoms with Crippen LogP contribution in [0, 0.1) is 0 Å². The van der Waals surface area contributed by atoms with Crippen LogP contribution in [0.1, 0.15) is 15.9 Å². The van der Waals surface area contributed by atoms with E-state index in [9.17, 15) is 4.79 Å². The Kier molecular flexibility index (Phi) is 6.24. The molecular formula is C12H16O5. The lowest BCUT2D eigenvalue weighted by molar-refractivity contribution is 0.0274. The van der Waals surface area contributed by atoms with Gasteiger partial charge in [-0.05, 0) is 17.7 Å². The molecule has 0 saturated heterocycles. The normalized spacial score (nSPS) is 10.4. The molecule has 0 aliphatic rings. The molecule has 2 N–H and O–H groups in total. The Balaban J connectivity index is 2.21. The second-order valence-corrected chi connectivity index (χ2v) is 3.39. The molecule has 0 fully saturated rings. The Morgan fingerprint density at radius 1 is 1.06 bits per heavy atom. The van der Waals surface area contributed by atoms with Crippen molar-refractivity contribution in [3.05, 3.63) is 35.4 Å². The highest BCUT2D eigenvalue weighted by atomic mass is 16.5. The Labute approximate surface area is 99.6 Å². The van der Waals surface area contributed by atoms with Gasteiger partial charge in [0.25, 0.3) is 0 Å². The minimum atomic E-state index is -0.935. The van der Waals surface area contributed by atoms with Crippen LogP contribution in [0.25, 0.3) is 0 Å². The molecule has 0 atom stereocenters. The molecule has 0 unspecified atom stereocenters. The fourth-order valence-corrected chi connectivity index (χ4v) is 1.22. The van der Waals surface area contributed by atoms with Crippen LogP contribution in [0.15, 0.2) is 24.3 Å². The summed E-state index contributed by atoms with van der Waals surface area (Å²) in [5.74, 6) is -0.935. The Hall–Kier alpha value is -1.43. The van der Waals surface area contributed by atoms with Gasteiger partial charge in [0.2, 0.25) is 0 Å². The molecule has 0 spiro atoms. The van der Waals surface area contributed by atoms with Crippen LogP contribution in [0.2, 0.25) is 0 Å². The van der Waals surface area contributed by atoms with Gasteiger partial charge in [-0.25, -0.2) is 4.79 Å². The molecule has 0 aliphatic carbocycles. The zero-order valence-electron chi connectivity index (χ0n) is 9.46. The lowest BCUT2D eigenvalue weighted by Crippen LogP contribution is -2.07. The molecule has 0 saturated carbocycles. The van der Waals surface area contributed by atoms with Crippen molar-refractivity contribution in [2.45, 2.75) is 6.61 Å². The van der Waals surface area contributed by atoms with Gasteiger partial charge in [0.1, 0.15) is 0 Å². The van der Waals surface area contributed by atoms with Gasteiger partial charge in [-0.1, -0.05) is 12.1 Å². The van der Waals surface area contributed by atoms with Gasteiger partial charge in [0, 0.05) is 0 Å². The second kappa shape index (κ2) is 7.78. The number of aliphatic hydroxyl groups excluding tert-OH is 1. The van der Waals surface area contributed by atoms with E-state index in [0.29, 0.717) is 26.4 Å². The number of benzene rings is 1. The number of carboxylic acid groups (broad SMARTS) is 1. The van der Waals surface area contributed by atoms with Crippen LogP contribution in [0.4, 0.5) is 0 Å². The Morgan fingerprint density at radius 3 is 2.29 bits per heavy atom. The SMILES string of the molecule is O=C(O)c1ccc(COCCOCCO)cc1. The third-order valence-corrected chi connectivity index (χ3v) is 2.08. The van der Waals surface area contributed by atoms with E-state index in [-0.39, 0.29) is 12.2 Å². The van der Waals surface area contributed by atoms with E-state index < -0.39 is 5.97 Å². The minimum Gasteiger partial charge on any atom is -0.478 e. The lowest BCUT2D eigenvalue weighted by Gasteiger charge is -2.05. The zero-order valence-corrected chi connectivity index (χ0v) is 9.46. The van der Waals surface area contributed by atoms with Crippen molar-refractivity contribution < 1.29 is 24.5 Å². The summed E-state index contributed by atoms with van der Waals surface area (Å²) in [5, 5.41) is 17.2. The van der Waals surface area contributed by atoms with Crippen LogP contribution in [0.3, 0.4) is 0 Å². The maximum absolute atomic E-state index is 10.6. The van der Waals surface area contributed by atoms with Crippen molar-refractivity contribution >= 4 is 5.97 Å². The molecule has 17 heavy (non-hydrogen) atoms. The predicted molar refractivity (Wildman–Crippen MR) is 61.0 cm³/mol. The Morgan fingerprint density at radius 2 is 1.71 bits per heavy atom. The molecule has 0 aromatic heterocycles. The number of aliphatic hydroxyl groups is 1. The highest BCUT2D eigenvalue weighted by molar-refractivity contribution is 5.87. The standard InChI is InChI=1S/C12H16O5/c13-5-6-16-7-8-17-9-10-1-3-11(4-2-10)12(14)15/h1-4,13H,5-9H2,(H,14,15). The monoisotopic (exact) mass is 240 g/mol. The summed E-state index contributed by atoms with van der Waals surface area (Å²) >= 11 is 0. The van der Waals surface area contributed by atoms with Gasteiger partial charge in [-0.3, -0.25) is 0 Å². The third-order valence-electron chi connectivity index (χ3n) is 2.08. The van der Waals surface area contributed by atoms with E-state index in [1.807, 2.05) is 0 Å². The largest absolute Gasteiger partial charge is 0.478 e. The van der Waals surface area contributed by atoms with Gasteiger partial charge in [-0.2, -0.15) is 0 Å². The average molecular weight is 240 g/mol. The molecule has 0 bridgehead atoms. The predicted octanol–water partition coefficient (Wildman–Crippen LogP) is 0.910. The van der Waals surface area contributed by atoms with Crippen LogP contribution in [0.5, 0.6) is 0 Å². The fourth-order valence-electron chi connectivity index (χ4n) is 1.22. The van der Waals surface area contributed by atoms with Crippen molar-refractivity contribution in [1.82, 2.24) is 0 Å². The number of hydrogen-bond donors (Lipinski definition) is 2. The van der Waals surface area contributed by atoms with Gasteiger partial charge >= 0.3 is 5.97 Å². The number of carbonyl (C=O) groups is 1. The van der Waals surface area contributed by atoms with E-state index in [2.05, 4.69) is 0 Å². The quantitative estimate of drug-likeness (QED) is 0.660. The first-order valence-corrected chi connectivity index (χ1v) is 5.32. The molecule has 0 heterocycles. The number of aromatic carboxylic acids is 1. The molecule has 0 aliphatic heterocycles. The summed E-state index contributed by atoms with van der Waals surface area (Å²) in [6, 6.07) is 6.53. The van der Waals surface area contributed by atoms with E-state index in [1.165, 1.54) is 0 Å². The maximum Gasteiger partial charge on any atom is 0.335 e. The summed E-state index contributed by atoms with van der Waals surface area (Å²) in [6.45, 7) is 1.63. The maximum atomic E-state index is 10.6. The number of carboxylic acids is 1. The van der Waals surface area contributed by atoms with Crippen LogP contribution >= 0.6 is 0 Å². The first-order valence-electron chi connectivity index (χ1n) is 5.32. The van der Waals surface area contributed by atoms with Crippen molar-refractivity contribution in [3.8, 4) is 0 Å². The fraction of sp³-hybridized carbons (Fsp3) is 0.417. The van der Waals surface area contributed by atoms with Crippen LogP contribution in [-0.2, 0) is 16.1 Å². The molecule has 0 amide bonds. The highest BCUT2D eigenvalue weighted by Gasteiger charge is 2.01. The number of hydrogen-bond acceptors (Lipinski definition) is 4. The summed E-state index contributed by atoms with van der Waals surface area (Å²) in [5.41, 5.74) is 1.18. The topological polar surface area (TPSA) is 76.0 Å². The molecule has 0 radical (unpaired) electrons. The molecule has 1 rings (SSSR count). The third kappa shape index (κ3) is 5.44. The molecule has 5 heteroatoms. The van der Waals surface area contributed by atoms with E-state index in [0.717, 1.165) is 5.56 Å². The summed E-state index contributed by atoms with van der Waals surface area (Å²) < 4.78 is 10.3. The number of rotatable bonds is 8. The first kappa shape index (κ1) is 13.6. The first-order chi connectivity index (χ1) is 8.24. The molecular weight excluding hydrogens is 224 g/mol. The highest BCUT2D eigenvalue weighted by Crippen LogP contribution is 2.05. The summed E-state index contributed by atoms with van der Waals surface area (Å²) in [6.07, 6.45) is 0. The molecule has 1 aromatic carbocycles. The van der Waals surface area contributed by atoms with Crippen molar-refractivity contribution in [2.24, 2.45) is 0 Å². The summed E-state index contributed by atoms with van der Waals surface area (Å²) in [7, 11) is 0. The van der Waals surface area contributed by atoms with E-state index in [4.69, 9.17) is 19.7 Å². The van der Waals surface area contributed by atoms with Crippen LogP contribution in [-0.4, -0.2) is 42.6 Å². The van der Waals surface area contributed by atoms with Crippen molar-refractivity contribution in [2.75, 3.05) is 26.4 Å². The average Bonchev–Trinajstić information content (AvgIpc) is 2.34. The van der Waals surface area contributed by atoms with Crippen molar-refractivity contribution in [3.63, 3.8) is 0 Å². The van der Waals surface area contributed by atoms with Gasteiger partial charge < -0.3 is 19.7 Å². The molecule has 94 valence electrons. The molecule has 1 aromatic rings. The van der Waals surface area contributed by atoms with E-state index >= 15 is 0 Å². The van der Waals surface area contributed by atoms with Crippen molar-refractivity contribution in [1.29, 1.82) is 0 Å². The van der Waals surface area contributed by atoms with Gasteiger partial charge in [-0.15, -0.1) is 0 Å². The van der Waals surface area contributed by atoms with Gasteiger partial charge in [0.15, 0.2) is 0 Å². The summed E-state index contributed by atoms with van der Waals surface area (Å²) in [4.78, 5) is 10.6. The Bertz CT molecular complexity index is 333. The smallest absolute Gasteiger partial charge is 0.335 e. The van der Waals surface area contributed by atoms with Gasteiger partial charge in [0.05, 0.1) is 38.6 Å². The van der Waals surface area contributed by atoms with E-state index in [1.54, 1.807) is 24.3 Å². The lowest BCUT2D eigenvalue weighted by atomic mass is 10.1. The number of ether oxygens (including phenoxy) is 2. The second-order valence-electron chi connectivity index (χ2n) is 3.39. The minimum absolute atomic E-state index is 0.0106. The van der Waals surface area contributed by atoms with Crippen LogP contribution < -0.4 is 0 Å². The molecule has 5 nitrogen and oxygen atoms in total. The zero-order chi connectivity index (χ0) is 12.5.